The molecule has 104 valence electrons. The molecule has 3 rings (SSSR count). The van der Waals surface area contributed by atoms with Gasteiger partial charge in [0.2, 0.25) is 11.6 Å². The number of hydrogen-bond donors (Lipinski definition) is 2. The van der Waals surface area contributed by atoms with Crippen LogP contribution >= 0.6 is 0 Å². The minimum Gasteiger partial charge on any atom is -0.349 e. The summed E-state index contributed by atoms with van der Waals surface area (Å²) in [5.74, 6) is 0.601. The Morgan fingerprint density at radius 2 is 2.35 bits per heavy atom. The minimum atomic E-state index is -0.296. The van der Waals surface area contributed by atoms with Gasteiger partial charge in [-0.05, 0) is 19.3 Å². The van der Waals surface area contributed by atoms with Crippen molar-refractivity contribution in [2.75, 3.05) is 0 Å². The number of rotatable bonds is 3. The van der Waals surface area contributed by atoms with Crippen LogP contribution in [-0.2, 0) is 11.3 Å². The lowest BCUT2D eigenvalue weighted by atomic mass is 9.94. The predicted octanol–water partition coefficient (Wildman–Crippen LogP) is 0.390. The highest BCUT2D eigenvalue weighted by Gasteiger charge is 2.19. The molecule has 0 radical (unpaired) electrons. The van der Waals surface area contributed by atoms with Crippen molar-refractivity contribution in [2.24, 2.45) is 5.92 Å². The highest BCUT2D eigenvalue weighted by Crippen LogP contribution is 2.18. The topological polar surface area (TPSA) is 92.2 Å². The predicted molar refractivity (Wildman–Crippen MR) is 71.9 cm³/mol. The molecule has 0 bridgehead atoms. The third kappa shape index (κ3) is 2.34. The number of aromatic amines is 1. The molecule has 7 heteroatoms. The number of amides is 1. The molecule has 0 aliphatic heterocycles. The van der Waals surface area contributed by atoms with Gasteiger partial charge < -0.3 is 10.3 Å². The van der Waals surface area contributed by atoms with Gasteiger partial charge in [-0.2, -0.15) is 0 Å². The summed E-state index contributed by atoms with van der Waals surface area (Å²) in [6.07, 6.45) is 9.94. The van der Waals surface area contributed by atoms with Crippen molar-refractivity contribution in [1.29, 1.82) is 0 Å². The molecule has 1 amide bonds. The molecule has 1 aliphatic carbocycles. The number of nitrogens with zero attached hydrogens (tertiary/aromatic N) is 3. The largest absolute Gasteiger partial charge is 0.349 e. The number of hydrogen-bond acceptors (Lipinski definition) is 4. The number of nitrogens with one attached hydrogen (secondary N) is 2. The Morgan fingerprint density at radius 1 is 1.45 bits per heavy atom. The number of H-pyrrole nitrogens is 1. The molecule has 0 spiro atoms. The summed E-state index contributed by atoms with van der Waals surface area (Å²) < 4.78 is 1.58. The summed E-state index contributed by atoms with van der Waals surface area (Å²) in [6.45, 7) is 0.268. The molecular formula is C13H15N5O2. The van der Waals surface area contributed by atoms with Crippen LogP contribution in [0.3, 0.4) is 0 Å². The number of fused-ring (bicyclic) bond motifs is 1. The molecule has 1 atom stereocenters. The van der Waals surface area contributed by atoms with Crippen LogP contribution < -0.4 is 10.9 Å². The van der Waals surface area contributed by atoms with Crippen molar-refractivity contribution in [3.63, 3.8) is 0 Å². The monoisotopic (exact) mass is 273 g/mol. The van der Waals surface area contributed by atoms with Crippen molar-refractivity contribution in [1.82, 2.24) is 24.9 Å². The molecule has 0 aromatic carbocycles. The van der Waals surface area contributed by atoms with Crippen LogP contribution in [0.25, 0.3) is 5.65 Å². The fraction of sp³-hybridized carbons (Fsp3) is 0.385. The zero-order valence-corrected chi connectivity index (χ0v) is 10.9. The first-order chi connectivity index (χ1) is 9.75. The second-order valence-corrected chi connectivity index (χ2v) is 4.80. The smallest absolute Gasteiger partial charge is 0.293 e. The fourth-order valence-corrected chi connectivity index (χ4v) is 2.35. The normalized spacial score (nSPS) is 18.3. The molecule has 2 aromatic rings. The lowest BCUT2D eigenvalue weighted by molar-refractivity contribution is -0.125. The van der Waals surface area contributed by atoms with Gasteiger partial charge in [0.15, 0.2) is 5.82 Å². The Kier molecular flexibility index (Phi) is 3.32. The number of carbonyl (C=O) groups is 1. The Bertz CT molecular complexity index is 715. The Hall–Kier alpha value is -2.44. The Morgan fingerprint density at radius 3 is 3.15 bits per heavy atom. The standard InChI is InChI=1S/C13H15N5O2/c19-12(9-4-2-1-3-5-9)15-8-10-16-17-11-13(20)14-6-7-18(10)11/h1-2,6-7,9H,3-5,8H2,(H,14,20)(H,15,19)/t9-/m0/s1. The lowest BCUT2D eigenvalue weighted by Gasteiger charge is -2.16. The quantitative estimate of drug-likeness (QED) is 0.791. The first-order valence-corrected chi connectivity index (χ1v) is 6.59. The van der Waals surface area contributed by atoms with Gasteiger partial charge in [-0.1, -0.05) is 12.2 Å². The van der Waals surface area contributed by atoms with Crippen molar-refractivity contribution in [2.45, 2.75) is 25.8 Å². The summed E-state index contributed by atoms with van der Waals surface area (Å²) in [5.41, 5.74) is -0.0626. The number of allylic oxidation sites excluding steroid dienone is 2. The van der Waals surface area contributed by atoms with E-state index in [1.807, 2.05) is 6.08 Å². The van der Waals surface area contributed by atoms with Gasteiger partial charge in [0, 0.05) is 18.3 Å². The van der Waals surface area contributed by atoms with Gasteiger partial charge in [0.05, 0.1) is 6.54 Å². The third-order valence-electron chi connectivity index (χ3n) is 3.47. The van der Waals surface area contributed by atoms with E-state index in [2.05, 4.69) is 26.6 Å². The van der Waals surface area contributed by atoms with Crippen molar-refractivity contribution < 1.29 is 4.79 Å². The van der Waals surface area contributed by atoms with E-state index < -0.39 is 0 Å². The zero-order chi connectivity index (χ0) is 13.9. The second kappa shape index (κ2) is 5.28. The average molecular weight is 273 g/mol. The molecule has 0 fully saturated rings. The van der Waals surface area contributed by atoms with Gasteiger partial charge in [-0.15, -0.1) is 10.2 Å². The van der Waals surface area contributed by atoms with Crippen LogP contribution in [0.2, 0.25) is 0 Å². The fourth-order valence-electron chi connectivity index (χ4n) is 2.35. The minimum absolute atomic E-state index is 0.0240. The summed E-state index contributed by atoms with van der Waals surface area (Å²) >= 11 is 0. The summed E-state index contributed by atoms with van der Waals surface area (Å²) in [6, 6.07) is 0. The van der Waals surface area contributed by atoms with E-state index in [9.17, 15) is 9.59 Å². The van der Waals surface area contributed by atoms with Crippen LogP contribution in [0.4, 0.5) is 0 Å². The second-order valence-electron chi connectivity index (χ2n) is 4.80. The van der Waals surface area contributed by atoms with Crippen LogP contribution in [0.5, 0.6) is 0 Å². The molecule has 2 aromatic heterocycles. The van der Waals surface area contributed by atoms with Crippen LogP contribution in [-0.4, -0.2) is 25.5 Å². The Labute approximate surface area is 114 Å². The first kappa shape index (κ1) is 12.6. The summed E-state index contributed by atoms with van der Waals surface area (Å²) in [5, 5.41) is 10.6. The molecule has 0 saturated carbocycles. The number of carbonyl (C=O) groups excluding carboxylic acids is 1. The number of aromatic nitrogens is 4. The van der Waals surface area contributed by atoms with Crippen molar-refractivity contribution in [3.8, 4) is 0 Å². The zero-order valence-electron chi connectivity index (χ0n) is 10.9. The van der Waals surface area contributed by atoms with E-state index in [1.54, 1.807) is 10.6 Å². The molecule has 0 saturated heterocycles. The van der Waals surface area contributed by atoms with Gasteiger partial charge in [-0.3, -0.25) is 14.0 Å². The molecule has 7 nitrogen and oxygen atoms in total. The van der Waals surface area contributed by atoms with Crippen LogP contribution in [0.1, 0.15) is 25.1 Å². The van der Waals surface area contributed by atoms with Crippen LogP contribution in [0, 0.1) is 5.92 Å². The third-order valence-corrected chi connectivity index (χ3v) is 3.47. The molecule has 2 heterocycles. The van der Waals surface area contributed by atoms with E-state index in [1.165, 1.54) is 6.20 Å². The highest BCUT2D eigenvalue weighted by molar-refractivity contribution is 5.78. The SMILES string of the molecule is O=C(NCc1nnc2c(=O)[nH]ccn12)[C@H]1CC=CCC1. The van der Waals surface area contributed by atoms with Gasteiger partial charge in [-0.25, -0.2) is 0 Å². The van der Waals surface area contributed by atoms with Crippen molar-refractivity contribution >= 4 is 11.6 Å². The van der Waals surface area contributed by atoms with E-state index in [0.29, 0.717) is 5.82 Å². The summed E-state index contributed by atoms with van der Waals surface area (Å²) in [4.78, 5) is 26.1. The van der Waals surface area contributed by atoms with Gasteiger partial charge >= 0.3 is 0 Å². The average Bonchev–Trinajstić information content (AvgIpc) is 2.90. The molecule has 1 aliphatic rings. The molecule has 20 heavy (non-hydrogen) atoms. The lowest BCUT2D eigenvalue weighted by Crippen LogP contribution is -2.31. The van der Waals surface area contributed by atoms with Crippen molar-refractivity contribution in [3.05, 3.63) is 40.7 Å². The first-order valence-electron chi connectivity index (χ1n) is 6.59. The van der Waals surface area contributed by atoms with E-state index in [4.69, 9.17) is 0 Å². The maximum absolute atomic E-state index is 12.0. The van der Waals surface area contributed by atoms with Gasteiger partial charge in [0.1, 0.15) is 0 Å². The highest BCUT2D eigenvalue weighted by atomic mass is 16.2. The van der Waals surface area contributed by atoms with Crippen LogP contribution in [0.15, 0.2) is 29.3 Å². The van der Waals surface area contributed by atoms with E-state index in [0.717, 1.165) is 19.3 Å². The molecule has 2 N–H and O–H groups in total. The Balaban J connectivity index is 1.71. The van der Waals surface area contributed by atoms with E-state index in [-0.39, 0.29) is 29.6 Å². The maximum Gasteiger partial charge on any atom is 0.293 e. The van der Waals surface area contributed by atoms with E-state index >= 15 is 0 Å². The van der Waals surface area contributed by atoms with Gasteiger partial charge in [0.25, 0.3) is 5.56 Å². The maximum atomic E-state index is 12.0. The molecule has 0 unspecified atom stereocenters. The molecular weight excluding hydrogens is 258 g/mol. The summed E-state index contributed by atoms with van der Waals surface area (Å²) in [7, 11) is 0.